The molecule has 0 fully saturated rings. The maximum atomic E-state index is 13.4. The number of phenolic OH excluding ortho intramolecular Hbond substituents is 1. The first-order valence-corrected chi connectivity index (χ1v) is 4.36. The van der Waals surface area contributed by atoms with Crippen LogP contribution in [-0.4, -0.2) is 5.11 Å². The second kappa shape index (κ2) is 3.35. The predicted molar refractivity (Wildman–Crippen MR) is 55.6 cm³/mol. The van der Waals surface area contributed by atoms with Crippen molar-refractivity contribution in [2.75, 3.05) is 0 Å². The van der Waals surface area contributed by atoms with E-state index in [-0.39, 0.29) is 11.1 Å². The second-order valence-corrected chi connectivity index (χ2v) is 3.20. The van der Waals surface area contributed by atoms with E-state index in [1.54, 1.807) is 0 Å². The number of hydrogen-bond donors (Lipinski definition) is 1. The molecule has 0 saturated heterocycles. The van der Waals surface area contributed by atoms with Crippen LogP contribution in [0.5, 0.6) is 5.75 Å². The minimum atomic E-state index is -0.952. The summed E-state index contributed by atoms with van der Waals surface area (Å²) in [5.41, 5.74) is 0.504. The SMILES string of the molecule is C=Cc1cc(F)c(F)c2cc(O)ccc12. The highest BCUT2D eigenvalue weighted by Gasteiger charge is 2.10. The molecule has 0 aliphatic heterocycles. The molecular weight excluding hydrogens is 198 g/mol. The molecule has 2 aromatic rings. The molecule has 76 valence electrons. The van der Waals surface area contributed by atoms with Gasteiger partial charge >= 0.3 is 0 Å². The maximum Gasteiger partial charge on any atom is 0.166 e. The fraction of sp³-hybridized carbons (Fsp3) is 0. The Balaban J connectivity index is 2.96. The van der Waals surface area contributed by atoms with Crippen LogP contribution >= 0.6 is 0 Å². The number of aromatic hydroxyl groups is 1. The van der Waals surface area contributed by atoms with E-state index < -0.39 is 11.6 Å². The third-order valence-corrected chi connectivity index (χ3v) is 2.26. The molecule has 0 amide bonds. The van der Waals surface area contributed by atoms with Crippen LogP contribution in [0.2, 0.25) is 0 Å². The van der Waals surface area contributed by atoms with E-state index >= 15 is 0 Å². The second-order valence-electron chi connectivity index (χ2n) is 3.20. The Morgan fingerprint density at radius 3 is 2.53 bits per heavy atom. The number of hydrogen-bond acceptors (Lipinski definition) is 1. The van der Waals surface area contributed by atoms with Crippen LogP contribution in [0.15, 0.2) is 30.8 Å². The summed E-state index contributed by atoms with van der Waals surface area (Å²) >= 11 is 0. The van der Waals surface area contributed by atoms with E-state index in [1.807, 2.05) is 0 Å². The van der Waals surface area contributed by atoms with Gasteiger partial charge in [-0.15, -0.1) is 0 Å². The van der Waals surface area contributed by atoms with Crippen LogP contribution in [0.4, 0.5) is 8.78 Å². The fourth-order valence-electron chi connectivity index (χ4n) is 1.54. The first-order valence-electron chi connectivity index (χ1n) is 4.36. The summed E-state index contributed by atoms with van der Waals surface area (Å²) in [6, 6.07) is 5.24. The van der Waals surface area contributed by atoms with Crippen LogP contribution in [0.1, 0.15) is 5.56 Å². The molecule has 0 unspecified atom stereocenters. The van der Waals surface area contributed by atoms with Gasteiger partial charge in [0, 0.05) is 5.39 Å². The molecule has 0 aliphatic rings. The summed E-state index contributed by atoms with van der Waals surface area (Å²) in [5.74, 6) is -1.99. The average Bonchev–Trinajstić information content (AvgIpc) is 2.23. The highest BCUT2D eigenvalue weighted by atomic mass is 19.2. The summed E-state index contributed by atoms with van der Waals surface area (Å²) in [7, 11) is 0. The lowest BCUT2D eigenvalue weighted by Crippen LogP contribution is -1.89. The van der Waals surface area contributed by atoms with Gasteiger partial charge < -0.3 is 5.11 Å². The normalized spacial score (nSPS) is 10.5. The van der Waals surface area contributed by atoms with Crippen LogP contribution in [-0.2, 0) is 0 Å². The van der Waals surface area contributed by atoms with Crippen molar-refractivity contribution in [1.29, 1.82) is 0 Å². The van der Waals surface area contributed by atoms with Gasteiger partial charge in [0.15, 0.2) is 11.6 Å². The van der Waals surface area contributed by atoms with Gasteiger partial charge in [-0.1, -0.05) is 12.7 Å². The van der Waals surface area contributed by atoms with Gasteiger partial charge in [-0.2, -0.15) is 0 Å². The number of benzene rings is 2. The van der Waals surface area contributed by atoms with E-state index in [0.29, 0.717) is 10.9 Å². The van der Waals surface area contributed by atoms with Crippen LogP contribution in [0.3, 0.4) is 0 Å². The van der Waals surface area contributed by atoms with Crippen molar-refractivity contribution in [2.45, 2.75) is 0 Å². The molecule has 0 heterocycles. The Hall–Kier alpha value is -1.90. The van der Waals surface area contributed by atoms with Gasteiger partial charge in [-0.25, -0.2) is 8.78 Å². The number of halogens is 2. The molecule has 0 aromatic heterocycles. The summed E-state index contributed by atoms with van der Waals surface area (Å²) in [5, 5.41) is 9.78. The molecule has 3 heteroatoms. The topological polar surface area (TPSA) is 20.2 Å². The van der Waals surface area contributed by atoms with E-state index in [4.69, 9.17) is 0 Å². The Morgan fingerprint density at radius 2 is 1.87 bits per heavy atom. The lowest BCUT2D eigenvalue weighted by molar-refractivity contribution is 0.475. The first-order chi connectivity index (χ1) is 7.13. The van der Waals surface area contributed by atoms with Crippen molar-refractivity contribution in [3.63, 3.8) is 0 Å². The molecule has 0 radical (unpaired) electrons. The zero-order valence-electron chi connectivity index (χ0n) is 7.80. The summed E-state index contributed by atoms with van der Waals surface area (Å²) in [4.78, 5) is 0. The number of rotatable bonds is 1. The monoisotopic (exact) mass is 206 g/mol. The number of fused-ring (bicyclic) bond motifs is 1. The Kier molecular flexibility index (Phi) is 2.15. The molecule has 0 saturated carbocycles. The molecule has 0 atom stereocenters. The molecule has 1 N–H and O–H groups in total. The highest BCUT2D eigenvalue weighted by molar-refractivity contribution is 5.91. The summed E-state index contributed by atoms with van der Waals surface area (Å²) in [6.07, 6.45) is 1.45. The van der Waals surface area contributed by atoms with Gasteiger partial charge in [-0.05, 0) is 35.2 Å². The van der Waals surface area contributed by atoms with Gasteiger partial charge in [0.25, 0.3) is 0 Å². The summed E-state index contributed by atoms with van der Waals surface area (Å²) in [6.45, 7) is 3.52. The molecule has 1 nitrogen and oxygen atoms in total. The van der Waals surface area contributed by atoms with Crippen molar-refractivity contribution in [3.05, 3.63) is 48.0 Å². The minimum Gasteiger partial charge on any atom is -0.508 e. The van der Waals surface area contributed by atoms with Crippen molar-refractivity contribution < 1.29 is 13.9 Å². The Bertz CT molecular complexity index is 547. The molecule has 0 bridgehead atoms. The molecule has 0 aliphatic carbocycles. The van der Waals surface area contributed by atoms with E-state index in [9.17, 15) is 13.9 Å². The van der Waals surface area contributed by atoms with Crippen molar-refractivity contribution in [3.8, 4) is 5.75 Å². The van der Waals surface area contributed by atoms with Crippen LogP contribution in [0, 0.1) is 11.6 Å². The minimum absolute atomic E-state index is 0.0601. The average molecular weight is 206 g/mol. The lowest BCUT2D eigenvalue weighted by atomic mass is 10.0. The quantitative estimate of drug-likeness (QED) is 0.757. The molecule has 0 spiro atoms. The van der Waals surface area contributed by atoms with Crippen LogP contribution in [0.25, 0.3) is 16.8 Å². The van der Waals surface area contributed by atoms with Crippen molar-refractivity contribution >= 4 is 16.8 Å². The van der Waals surface area contributed by atoms with Crippen LogP contribution < -0.4 is 0 Å². The largest absolute Gasteiger partial charge is 0.508 e. The van der Waals surface area contributed by atoms with Crippen molar-refractivity contribution in [2.24, 2.45) is 0 Å². The van der Waals surface area contributed by atoms with Gasteiger partial charge in [0.05, 0.1) is 0 Å². The van der Waals surface area contributed by atoms with Gasteiger partial charge in [-0.3, -0.25) is 0 Å². The Morgan fingerprint density at radius 1 is 1.13 bits per heavy atom. The lowest BCUT2D eigenvalue weighted by Gasteiger charge is -2.05. The smallest absolute Gasteiger partial charge is 0.166 e. The molecule has 15 heavy (non-hydrogen) atoms. The van der Waals surface area contributed by atoms with E-state index in [1.165, 1.54) is 24.3 Å². The van der Waals surface area contributed by atoms with Gasteiger partial charge in [0.1, 0.15) is 5.75 Å². The molecular formula is C12H8F2O. The van der Waals surface area contributed by atoms with Gasteiger partial charge in [0.2, 0.25) is 0 Å². The standard InChI is InChI=1S/C12H8F2O/c1-2-7-5-11(13)12(14)10-6-8(15)3-4-9(7)10/h2-6,15H,1H2. The predicted octanol–water partition coefficient (Wildman–Crippen LogP) is 3.47. The van der Waals surface area contributed by atoms with E-state index in [0.717, 1.165) is 6.07 Å². The maximum absolute atomic E-state index is 13.4. The van der Waals surface area contributed by atoms with E-state index in [2.05, 4.69) is 6.58 Å². The first kappa shape index (κ1) is 9.65. The molecule has 2 rings (SSSR count). The highest BCUT2D eigenvalue weighted by Crippen LogP contribution is 2.28. The third-order valence-electron chi connectivity index (χ3n) is 2.26. The third kappa shape index (κ3) is 1.46. The fourth-order valence-corrected chi connectivity index (χ4v) is 1.54. The molecule has 2 aromatic carbocycles. The summed E-state index contributed by atoms with van der Waals surface area (Å²) < 4.78 is 26.5. The number of phenols is 1. The Labute approximate surface area is 85.3 Å². The zero-order chi connectivity index (χ0) is 11.0. The van der Waals surface area contributed by atoms with Crippen molar-refractivity contribution in [1.82, 2.24) is 0 Å². The zero-order valence-corrected chi connectivity index (χ0v) is 7.80.